The summed E-state index contributed by atoms with van der Waals surface area (Å²) in [4.78, 5) is 24.9. The average molecular weight is 321 g/mol. The van der Waals surface area contributed by atoms with Gasteiger partial charge in [-0.2, -0.15) is 13.2 Å². The smallest absolute Gasteiger partial charge is 0.390 e. The highest BCUT2D eigenvalue weighted by molar-refractivity contribution is 5.80. The Balaban J connectivity index is 1.95. The number of nitrogens with zero attached hydrogens (tertiary/aromatic N) is 1. The molecule has 1 amide bonds. The lowest BCUT2D eigenvalue weighted by Gasteiger charge is -2.31. The summed E-state index contributed by atoms with van der Waals surface area (Å²) < 4.78 is 37.3. The normalized spacial score (nSPS) is 25.8. The predicted octanol–water partition coefficient (Wildman–Crippen LogP) is 3.07. The molecule has 2 fully saturated rings. The van der Waals surface area contributed by atoms with E-state index in [0.29, 0.717) is 31.7 Å². The molecule has 0 spiro atoms. The number of halogens is 3. The molecule has 0 heterocycles. The van der Waals surface area contributed by atoms with E-state index in [1.54, 1.807) is 0 Å². The first kappa shape index (κ1) is 17.1. The summed E-state index contributed by atoms with van der Waals surface area (Å²) in [5.74, 6) is -1.88. The Bertz CT molecular complexity index is 421. The summed E-state index contributed by atoms with van der Waals surface area (Å²) in [6.07, 6.45) is -1.35. The van der Waals surface area contributed by atoms with Crippen molar-refractivity contribution in [1.29, 1.82) is 0 Å². The van der Waals surface area contributed by atoms with E-state index in [1.165, 1.54) is 4.90 Å². The zero-order chi connectivity index (χ0) is 16.3. The van der Waals surface area contributed by atoms with Gasteiger partial charge in [0.25, 0.3) is 0 Å². The molecule has 2 unspecified atom stereocenters. The summed E-state index contributed by atoms with van der Waals surface area (Å²) in [6, 6.07) is 0. The Morgan fingerprint density at radius 3 is 2.27 bits per heavy atom. The van der Waals surface area contributed by atoms with Crippen LogP contribution in [0.4, 0.5) is 13.2 Å². The highest BCUT2D eigenvalue weighted by Gasteiger charge is 2.37. The lowest BCUT2D eigenvalue weighted by molar-refractivity contribution is -0.150. The van der Waals surface area contributed by atoms with Gasteiger partial charge >= 0.3 is 12.1 Å². The van der Waals surface area contributed by atoms with E-state index in [1.807, 2.05) is 0 Å². The Kier molecular flexibility index (Phi) is 5.34. The van der Waals surface area contributed by atoms with Crippen molar-refractivity contribution < 1.29 is 27.9 Å². The van der Waals surface area contributed by atoms with Crippen molar-refractivity contribution in [2.24, 2.45) is 17.8 Å². The fraction of sp³-hybridized carbons (Fsp3) is 0.867. The van der Waals surface area contributed by atoms with E-state index < -0.39 is 30.4 Å². The Hall–Kier alpha value is -1.27. The zero-order valence-corrected chi connectivity index (χ0v) is 12.4. The fourth-order valence-electron chi connectivity index (χ4n) is 3.06. The first-order valence-electron chi connectivity index (χ1n) is 7.84. The van der Waals surface area contributed by atoms with E-state index in [2.05, 4.69) is 0 Å². The van der Waals surface area contributed by atoms with Crippen LogP contribution in [0.3, 0.4) is 0 Å². The molecule has 1 N–H and O–H groups in total. The topological polar surface area (TPSA) is 57.6 Å². The number of hydrogen-bond acceptors (Lipinski definition) is 2. The van der Waals surface area contributed by atoms with Gasteiger partial charge in [-0.05, 0) is 38.0 Å². The molecule has 0 bridgehead atoms. The fourth-order valence-corrected chi connectivity index (χ4v) is 3.06. The van der Waals surface area contributed by atoms with Crippen molar-refractivity contribution in [3.8, 4) is 0 Å². The van der Waals surface area contributed by atoms with Crippen molar-refractivity contribution >= 4 is 11.9 Å². The SMILES string of the molecule is O=C(O)C1CCCC(C(=O)N(CCC(F)(F)F)CC2CC2)C1. The minimum absolute atomic E-state index is 0.251. The number of carboxylic acids is 1. The maximum Gasteiger partial charge on any atom is 0.390 e. The van der Waals surface area contributed by atoms with Crippen LogP contribution in [0.2, 0.25) is 0 Å². The first-order chi connectivity index (χ1) is 10.3. The summed E-state index contributed by atoms with van der Waals surface area (Å²) >= 11 is 0. The van der Waals surface area contributed by atoms with Gasteiger partial charge in [0.05, 0.1) is 12.3 Å². The lowest BCUT2D eigenvalue weighted by atomic mass is 9.80. The van der Waals surface area contributed by atoms with Gasteiger partial charge in [0, 0.05) is 19.0 Å². The Labute approximate surface area is 127 Å². The van der Waals surface area contributed by atoms with E-state index in [-0.39, 0.29) is 18.9 Å². The predicted molar refractivity (Wildman–Crippen MR) is 73.1 cm³/mol. The number of alkyl halides is 3. The molecule has 0 aromatic heterocycles. The third-order valence-electron chi connectivity index (χ3n) is 4.53. The summed E-state index contributed by atoms with van der Waals surface area (Å²) in [5, 5.41) is 9.07. The van der Waals surface area contributed by atoms with Gasteiger partial charge in [-0.15, -0.1) is 0 Å². The third kappa shape index (κ3) is 5.18. The number of carbonyl (C=O) groups is 2. The van der Waals surface area contributed by atoms with Gasteiger partial charge in [-0.25, -0.2) is 0 Å². The van der Waals surface area contributed by atoms with Gasteiger partial charge in [-0.3, -0.25) is 9.59 Å². The highest BCUT2D eigenvalue weighted by Crippen LogP contribution is 2.34. The van der Waals surface area contributed by atoms with Crippen LogP contribution in [0.15, 0.2) is 0 Å². The van der Waals surface area contributed by atoms with Crippen LogP contribution in [0, 0.1) is 17.8 Å². The molecule has 2 saturated carbocycles. The first-order valence-corrected chi connectivity index (χ1v) is 7.84. The van der Waals surface area contributed by atoms with Crippen molar-refractivity contribution in [1.82, 2.24) is 4.90 Å². The summed E-state index contributed by atoms with van der Waals surface area (Å²) in [6.45, 7) is 0.0657. The van der Waals surface area contributed by atoms with Crippen molar-refractivity contribution in [2.75, 3.05) is 13.1 Å². The molecule has 22 heavy (non-hydrogen) atoms. The van der Waals surface area contributed by atoms with Gasteiger partial charge in [0.1, 0.15) is 0 Å². The standard InChI is InChI=1S/C15H22F3NO3/c16-15(17,18)6-7-19(9-10-4-5-10)13(20)11-2-1-3-12(8-11)14(21)22/h10-12H,1-9H2,(H,21,22). The zero-order valence-electron chi connectivity index (χ0n) is 12.4. The van der Waals surface area contributed by atoms with Gasteiger partial charge in [-0.1, -0.05) is 6.42 Å². The maximum atomic E-state index is 12.5. The third-order valence-corrected chi connectivity index (χ3v) is 4.53. The molecule has 0 aliphatic heterocycles. The molecule has 0 aromatic rings. The largest absolute Gasteiger partial charge is 0.481 e. The molecule has 0 aromatic carbocycles. The summed E-state index contributed by atoms with van der Waals surface area (Å²) in [7, 11) is 0. The van der Waals surface area contributed by atoms with Crippen LogP contribution in [-0.2, 0) is 9.59 Å². The van der Waals surface area contributed by atoms with Crippen LogP contribution in [0.1, 0.15) is 44.9 Å². The number of amides is 1. The van der Waals surface area contributed by atoms with Gasteiger partial charge in [0.15, 0.2) is 0 Å². The molecule has 0 saturated heterocycles. The molecule has 7 heteroatoms. The van der Waals surface area contributed by atoms with Crippen molar-refractivity contribution in [2.45, 2.75) is 51.1 Å². The number of carboxylic acid groups (broad SMARTS) is 1. The van der Waals surface area contributed by atoms with E-state index in [9.17, 15) is 22.8 Å². The van der Waals surface area contributed by atoms with Gasteiger partial charge in [0.2, 0.25) is 5.91 Å². The minimum Gasteiger partial charge on any atom is -0.481 e. The number of rotatable bonds is 6. The lowest BCUT2D eigenvalue weighted by Crippen LogP contribution is -2.41. The van der Waals surface area contributed by atoms with Crippen LogP contribution in [-0.4, -0.2) is 41.1 Å². The Morgan fingerprint density at radius 1 is 1.09 bits per heavy atom. The number of carbonyl (C=O) groups excluding carboxylic acids is 1. The van der Waals surface area contributed by atoms with Crippen LogP contribution < -0.4 is 0 Å². The van der Waals surface area contributed by atoms with Gasteiger partial charge < -0.3 is 10.0 Å². The second-order valence-corrected chi connectivity index (χ2v) is 6.49. The van der Waals surface area contributed by atoms with E-state index >= 15 is 0 Å². The molecule has 2 rings (SSSR count). The van der Waals surface area contributed by atoms with Crippen LogP contribution in [0.5, 0.6) is 0 Å². The highest BCUT2D eigenvalue weighted by atomic mass is 19.4. The molecule has 4 nitrogen and oxygen atoms in total. The van der Waals surface area contributed by atoms with Crippen LogP contribution >= 0.6 is 0 Å². The molecule has 2 aliphatic carbocycles. The quantitative estimate of drug-likeness (QED) is 0.818. The second-order valence-electron chi connectivity index (χ2n) is 6.49. The molecule has 2 aliphatic rings. The molecular formula is C15H22F3NO3. The maximum absolute atomic E-state index is 12.5. The van der Waals surface area contributed by atoms with Crippen molar-refractivity contribution in [3.05, 3.63) is 0 Å². The monoisotopic (exact) mass is 321 g/mol. The molecule has 126 valence electrons. The Morgan fingerprint density at radius 2 is 1.73 bits per heavy atom. The van der Waals surface area contributed by atoms with Crippen molar-refractivity contribution in [3.63, 3.8) is 0 Å². The average Bonchev–Trinajstić information content (AvgIpc) is 3.26. The molecule has 0 radical (unpaired) electrons. The minimum atomic E-state index is -4.28. The second kappa shape index (κ2) is 6.87. The van der Waals surface area contributed by atoms with Crippen LogP contribution in [0.25, 0.3) is 0 Å². The number of hydrogen-bond donors (Lipinski definition) is 1. The van der Waals surface area contributed by atoms with E-state index in [0.717, 1.165) is 12.8 Å². The summed E-state index contributed by atoms with van der Waals surface area (Å²) in [5.41, 5.74) is 0. The molecule has 2 atom stereocenters. The van der Waals surface area contributed by atoms with E-state index in [4.69, 9.17) is 5.11 Å². The molecular weight excluding hydrogens is 299 g/mol. The number of aliphatic carboxylic acids is 1.